The van der Waals surface area contributed by atoms with E-state index in [1.807, 2.05) is 66.7 Å². The van der Waals surface area contributed by atoms with Gasteiger partial charge in [-0.1, -0.05) is 30.3 Å². The highest BCUT2D eigenvalue weighted by molar-refractivity contribution is 6.05. The number of methoxy groups -OCH3 is 2. The molecule has 0 spiro atoms. The van der Waals surface area contributed by atoms with Gasteiger partial charge >= 0.3 is 0 Å². The van der Waals surface area contributed by atoms with Crippen molar-refractivity contribution in [1.82, 2.24) is 9.97 Å². The number of hydrogen-bond acceptors (Lipinski definition) is 3. The molecule has 5 rings (SSSR count). The van der Waals surface area contributed by atoms with Gasteiger partial charge in [-0.25, -0.2) is 0 Å². The zero-order chi connectivity index (χ0) is 24.4. The number of carbonyl (C=O) groups is 1. The van der Waals surface area contributed by atoms with E-state index in [4.69, 9.17) is 9.47 Å². The molecule has 1 amide bonds. The first-order chi connectivity index (χ1) is 17.1. The third-order valence-electron chi connectivity index (χ3n) is 6.61. The van der Waals surface area contributed by atoms with Gasteiger partial charge in [0.2, 0.25) is 5.91 Å². The number of anilines is 1. The van der Waals surface area contributed by atoms with Crippen LogP contribution in [0.1, 0.15) is 24.0 Å². The molecule has 6 nitrogen and oxygen atoms in total. The van der Waals surface area contributed by atoms with Gasteiger partial charge < -0.3 is 24.3 Å². The van der Waals surface area contributed by atoms with E-state index >= 15 is 0 Å². The molecule has 3 aromatic carbocycles. The molecule has 5 aromatic rings. The molecule has 0 aliphatic carbocycles. The Hall–Kier alpha value is -4.19. The molecule has 1 atom stereocenters. The summed E-state index contributed by atoms with van der Waals surface area (Å²) in [5.41, 5.74) is 4.96. The second-order valence-corrected chi connectivity index (χ2v) is 8.57. The number of aromatic amines is 2. The zero-order valence-corrected chi connectivity index (χ0v) is 20.2. The van der Waals surface area contributed by atoms with Crippen molar-refractivity contribution in [3.8, 4) is 11.5 Å². The van der Waals surface area contributed by atoms with E-state index in [1.165, 1.54) is 0 Å². The molecule has 2 N–H and O–H groups in total. The van der Waals surface area contributed by atoms with Gasteiger partial charge in [0.25, 0.3) is 0 Å². The number of benzene rings is 3. The molecule has 0 aliphatic heterocycles. The average molecular weight is 468 g/mol. The summed E-state index contributed by atoms with van der Waals surface area (Å²) in [4.78, 5) is 22.6. The maximum atomic E-state index is 14.2. The smallest absolute Gasteiger partial charge is 0.234 e. The van der Waals surface area contributed by atoms with Crippen LogP contribution in [0.2, 0.25) is 0 Å². The number of nitrogens with zero attached hydrogens (tertiary/aromatic N) is 1. The Kier molecular flexibility index (Phi) is 6.19. The van der Waals surface area contributed by atoms with Crippen LogP contribution in [-0.4, -0.2) is 36.6 Å². The van der Waals surface area contributed by atoms with Crippen molar-refractivity contribution in [1.29, 1.82) is 0 Å². The van der Waals surface area contributed by atoms with E-state index in [-0.39, 0.29) is 5.91 Å². The predicted octanol–water partition coefficient (Wildman–Crippen LogP) is 6.05. The van der Waals surface area contributed by atoms with Gasteiger partial charge in [-0.05, 0) is 66.3 Å². The van der Waals surface area contributed by atoms with Crippen LogP contribution in [0.4, 0.5) is 5.69 Å². The SMILES string of the molecule is CCN(C(=O)C(Cc1ccc2[nH]ccc2c1)c1ccc(OC)c(OC)c1)c1c[nH]c2ccccc12. The maximum absolute atomic E-state index is 14.2. The van der Waals surface area contributed by atoms with E-state index in [2.05, 4.69) is 34.2 Å². The minimum atomic E-state index is -0.403. The fraction of sp³-hybridized carbons (Fsp3) is 0.207. The van der Waals surface area contributed by atoms with Gasteiger partial charge in [-0.2, -0.15) is 0 Å². The number of rotatable bonds is 8. The molecule has 0 fully saturated rings. The number of likely N-dealkylation sites (N-methyl/N-ethyl adjacent to an activating group) is 1. The van der Waals surface area contributed by atoms with Crippen LogP contribution >= 0.6 is 0 Å². The van der Waals surface area contributed by atoms with Crippen molar-refractivity contribution in [3.63, 3.8) is 0 Å². The van der Waals surface area contributed by atoms with Crippen LogP contribution in [0, 0.1) is 0 Å². The number of nitrogens with one attached hydrogen (secondary N) is 2. The second kappa shape index (κ2) is 9.58. The minimum Gasteiger partial charge on any atom is -0.493 e. The van der Waals surface area contributed by atoms with Crippen LogP contribution < -0.4 is 14.4 Å². The third-order valence-corrected chi connectivity index (χ3v) is 6.61. The van der Waals surface area contributed by atoms with E-state index in [9.17, 15) is 4.79 Å². The standard InChI is InChI=1S/C29H29N3O3/c1-4-32(26-18-31-25-8-6-5-7-22(25)26)29(33)23(20-10-12-27(34-2)28(17-20)35-3)16-19-9-11-24-21(15-19)13-14-30-24/h5-15,17-18,23,30-31H,4,16H2,1-3H3. The van der Waals surface area contributed by atoms with E-state index < -0.39 is 5.92 Å². The summed E-state index contributed by atoms with van der Waals surface area (Å²) in [6.07, 6.45) is 4.42. The molecular weight excluding hydrogens is 438 g/mol. The Labute approximate surface area is 204 Å². The van der Waals surface area contributed by atoms with Gasteiger partial charge in [-0.3, -0.25) is 4.79 Å². The fourth-order valence-corrected chi connectivity index (χ4v) is 4.80. The molecule has 1 unspecified atom stereocenters. The molecule has 2 aromatic heterocycles. The monoisotopic (exact) mass is 467 g/mol. The van der Waals surface area contributed by atoms with Gasteiger partial charge in [0.05, 0.1) is 25.8 Å². The van der Waals surface area contributed by atoms with Gasteiger partial charge in [-0.15, -0.1) is 0 Å². The largest absolute Gasteiger partial charge is 0.493 e. The molecule has 0 radical (unpaired) electrons. The molecule has 0 saturated carbocycles. The van der Waals surface area contributed by atoms with E-state index in [0.29, 0.717) is 24.5 Å². The second-order valence-electron chi connectivity index (χ2n) is 8.57. The lowest BCUT2D eigenvalue weighted by atomic mass is 9.89. The van der Waals surface area contributed by atoms with Crippen molar-refractivity contribution in [3.05, 3.63) is 90.3 Å². The van der Waals surface area contributed by atoms with Crippen molar-refractivity contribution >= 4 is 33.4 Å². The number of fused-ring (bicyclic) bond motifs is 2. The van der Waals surface area contributed by atoms with Gasteiger partial charge in [0.15, 0.2) is 11.5 Å². The lowest BCUT2D eigenvalue weighted by molar-refractivity contribution is -0.120. The van der Waals surface area contributed by atoms with Crippen molar-refractivity contribution < 1.29 is 14.3 Å². The summed E-state index contributed by atoms with van der Waals surface area (Å²) in [6, 6.07) is 22.1. The summed E-state index contributed by atoms with van der Waals surface area (Å²) < 4.78 is 11.0. The Morgan fingerprint density at radius 2 is 1.74 bits per heavy atom. The number of hydrogen-bond donors (Lipinski definition) is 2. The van der Waals surface area contributed by atoms with Gasteiger partial charge in [0.1, 0.15) is 0 Å². The minimum absolute atomic E-state index is 0.0404. The Morgan fingerprint density at radius 3 is 2.54 bits per heavy atom. The highest BCUT2D eigenvalue weighted by Gasteiger charge is 2.29. The van der Waals surface area contributed by atoms with Crippen molar-refractivity contribution in [2.24, 2.45) is 0 Å². The Morgan fingerprint density at radius 1 is 0.914 bits per heavy atom. The van der Waals surface area contributed by atoms with Crippen molar-refractivity contribution in [2.75, 3.05) is 25.7 Å². The summed E-state index contributed by atoms with van der Waals surface area (Å²) in [7, 11) is 3.23. The normalized spacial score (nSPS) is 12.1. The first-order valence-electron chi connectivity index (χ1n) is 11.8. The molecule has 178 valence electrons. The van der Waals surface area contributed by atoms with Crippen LogP contribution in [0.5, 0.6) is 11.5 Å². The summed E-state index contributed by atoms with van der Waals surface area (Å²) in [6.45, 7) is 2.57. The van der Waals surface area contributed by atoms with Gasteiger partial charge in [0, 0.05) is 35.4 Å². The zero-order valence-electron chi connectivity index (χ0n) is 20.2. The first kappa shape index (κ1) is 22.6. The molecular formula is C29H29N3O3. The number of H-pyrrole nitrogens is 2. The van der Waals surface area contributed by atoms with Crippen molar-refractivity contribution in [2.45, 2.75) is 19.3 Å². The number of ether oxygens (including phenoxy) is 2. The molecule has 0 aliphatic rings. The van der Waals surface area contributed by atoms with Crippen LogP contribution in [0.15, 0.2) is 79.1 Å². The van der Waals surface area contributed by atoms with E-state index in [0.717, 1.165) is 38.6 Å². The lowest BCUT2D eigenvalue weighted by Gasteiger charge is -2.27. The van der Waals surface area contributed by atoms with Crippen LogP contribution in [0.3, 0.4) is 0 Å². The molecule has 2 heterocycles. The average Bonchev–Trinajstić information content (AvgIpc) is 3.54. The highest BCUT2D eigenvalue weighted by Crippen LogP contribution is 2.35. The third kappa shape index (κ3) is 4.23. The summed E-state index contributed by atoms with van der Waals surface area (Å²) >= 11 is 0. The number of carbonyl (C=O) groups excluding carboxylic acids is 1. The first-order valence-corrected chi connectivity index (χ1v) is 11.8. The quantitative estimate of drug-likeness (QED) is 0.292. The topological polar surface area (TPSA) is 70.3 Å². The fourth-order valence-electron chi connectivity index (χ4n) is 4.80. The van der Waals surface area contributed by atoms with Crippen LogP contribution in [0.25, 0.3) is 21.8 Å². The predicted molar refractivity (Wildman–Crippen MR) is 141 cm³/mol. The van der Waals surface area contributed by atoms with E-state index in [1.54, 1.807) is 14.2 Å². The number of aromatic nitrogens is 2. The lowest BCUT2D eigenvalue weighted by Crippen LogP contribution is -2.36. The molecule has 0 bridgehead atoms. The molecule has 0 saturated heterocycles. The number of para-hydroxylation sites is 1. The Bertz CT molecular complexity index is 1480. The molecule has 6 heteroatoms. The maximum Gasteiger partial charge on any atom is 0.234 e. The summed E-state index contributed by atoms with van der Waals surface area (Å²) in [5.74, 6) is 0.887. The molecule has 35 heavy (non-hydrogen) atoms. The highest BCUT2D eigenvalue weighted by atomic mass is 16.5. The number of amides is 1. The Balaban J connectivity index is 1.58. The summed E-state index contributed by atoms with van der Waals surface area (Å²) in [5, 5.41) is 2.16. The van der Waals surface area contributed by atoms with Crippen LogP contribution in [-0.2, 0) is 11.2 Å².